The van der Waals surface area contributed by atoms with Gasteiger partial charge < -0.3 is 15.0 Å². The van der Waals surface area contributed by atoms with Crippen LogP contribution in [0.3, 0.4) is 0 Å². The van der Waals surface area contributed by atoms with Crippen LogP contribution in [0.4, 0.5) is 0 Å². The topological polar surface area (TPSA) is 89.4 Å². The van der Waals surface area contributed by atoms with Gasteiger partial charge in [0.25, 0.3) is 0 Å². The number of ether oxygens (including phenoxy) is 1. The van der Waals surface area contributed by atoms with Crippen molar-refractivity contribution in [3.05, 3.63) is 76.5 Å². The summed E-state index contributed by atoms with van der Waals surface area (Å²) in [6.07, 6.45) is 0.751. The fourth-order valence-electron chi connectivity index (χ4n) is 3.96. The van der Waals surface area contributed by atoms with Crippen LogP contribution in [0.1, 0.15) is 43.7 Å². The Hall–Kier alpha value is -3.72. The molecule has 0 fully saturated rings. The molecule has 9 heteroatoms. The van der Waals surface area contributed by atoms with Crippen molar-refractivity contribution >= 4 is 34.2 Å². The van der Waals surface area contributed by atoms with Gasteiger partial charge in [-0.15, -0.1) is 16.4 Å². The van der Waals surface area contributed by atoms with E-state index in [0.29, 0.717) is 11.3 Å². The van der Waals surface area contributed by atoms with Crippen LogP contribution in [-0.2, 0) is 22.7 Å². The summed E-state index contributed by atoms with van der Waals surface area (Å²) in [6.45, 7) is 6.11. The molecule has 0 aliphatic heterocycles. The number of methoxy groups -OCH3 is 1. The number of amides is 2. The number of hydrogen-bond donors (Lipinski definition) is 1. The zero-order chi connectivity index (χ0) is 25.7. The normalized spacial score (nSPS) is 12.3. The molecule has 0 saturated carbocycles. The third-order valence-corrected chi connectivity index (χ3v) is 7.20. The van der Waals surface area contributed by atoms with Crippen molar-refractivity contribution in [2.24, 2.45) is 0 Å². The van der Waals surface area contributed by atoms with E-state index in [1.165, 1.54) is 11.3 Å². The molecule has 2 amide bonds. The highest BCUT2D eigenvalue weighted by Crippen LogP contribution is 2.31. The van der Waals surface area contributed by atoms with Crippen LogP contribution in [0, 0.1) is 0 Å². The number of fused-ring (bicyclic) bond motifs is 1. The minimum atomic E-state index is -0.817. The molecule has 0 radical (unpaired) electrons. The monoisotopic (exact) mass is 505 g/mol. The van der Waals surface area contributed by atoms with E-state index in [1.807, 2.05) is 86.8 Å². The van der Waals surface area contributed by atoms with Crippen LogP contribution in [-0.4, -0.2) is 44.4 Å². The SMILES string of the molecule is CCC(C)(C)NC(=O)[C@H](c1cccs1)N(Cc1ccccc1OC)C(=O)Cn1nnc2ccccc21. The Labute approximate surface area is 214 Å². The zero-order valence-corrected chi connectivity index (χ0v) is 21.8. The van der Waals surface area contributed by atoms with Crippen LogP contribution in [0.5, 0.6) is 5.75 Å². The first-order valence-corrected chi connectivity index (χ1v) is 12.8. The zero-order valence-electron chi connectivity index (χ0n) is 21.0. The van der Waals surface area contributed by atoms with Gasteiger partial charge in [-0.05, 0) is 49.9 Å². The molecule has 0 spiro atoms. The number of hydrogen-bond acceptors (Lipinski definition) is 6. The van der Waals surface area contributed by atoms with Crippen molar-refractivity contribution < 1.29 is 14.3 Å². The molecule has 188 valence electrons. The van der Waals surface area contributed by atoms with Gasteiger partial charge in [0.2, 0.25) is 11.8 Å². The maximum Gasteiger partial charge on any atom is 0.248 e. The molecule has 4 rings (SSSR count). The summed E-state index contributed by atoms with van der Waals surface area (Å²) in [5, 5.41) is 13.4. The Morgan fingerprint density at radius 3 is 2.58 bits per heavy atom. The summed E-state index contributed by atoms with van der Waals surface area (Å²) in [4.78, 5) is 30.1. The van der Waals surface area contributed by atoms with Gasteiger partial charge in [0.05, 0.1) is 19.2 Å². The molecule has 0 saturated heterocycles. The van der Waals surface area contributed by atoms with E-state index in [0.717, 1.165) is 22.4 Å². The molecule has 0 aliphatic rings. The summed E-state index contributed by atoms with van der Waals surface area (Å²) in [6, 6.07) is 18.0. The lowest BCUT2D eigenvalue weighted by atomic mass is 10.0. The smallest absolute Gasteiger partial charge is 0.248 e. The van der Waals surface area contributed by atoms with Gasteiger partial charge in [-0.3, -0.25) is 9.59 Å². The molecule has 0 unspecified atom stereocenters. The van der Waals surface area contributed by atoms with Gasteiger partial charge in [0.15, 0.2) is 0 Å². The van der Waals surface area contributed by atoms with Crippen molar-refractivity contribution in [3.63, 3.8) is 0 Å². The first-order chi connectivity index (χ1) is 17.3. The van der Waals surface area contributed by atoms with Gasteiger partial charge in [-0.2, -0.15) is 0 Å². The fraction of sp³-hybridized carbons (Fsp3) is 0.333. The lowest BCUT2D eigenvalue weighted by Crippen LogP contribution is -2.50. The van der Waals surface area contributed by atoms with Gasteiger partial charge >= 0.3 is 0 Å². The van der Waals surface area contributed by atoms with Crippen LogP contribution >= 0.6 is 11.3 Å². The highest BCUT2D eigenvalue weighted by molar-refractivity contribution is 7.10. The molecule has 0 bridgehead atoms. The lowest BCUT2D eigenvalue weighted by Gasteiger charge is -2.34. The second kappa shape index (κ2) is 10.9. The number of carbonyl (C=O) groups is 2. The summed E-state index contributed by atoms with van der Waals surface area (Å²) in [7, 11) is 1.60. The number of thiophene rings is 1. The average Bonchev–Trinajstić information content (AvgIpc) is 3.54. The molecule has 4 aromatic rings. The molecular weight excluding hydrogens is 474 g/mol. The number of aromatic nitrogens is 3. The maximum absolute atomic E-state index is 14.0. The second-order valence-corrected chi connectivity index (χ2v) is 10.2. The van der Waals surface area contributed by atoms with Gasteiger partial charge in [0.1, 0.15) is 23.9 Å². The summed E-state index contributed by atoms with van der Waals surface area (Å²) < 4.78 is 7.13. The minimum absolute atomic E-state index is 0.0536. The standard InChI is InChI=1S/C27H31N5O3S/c1-5-27(2,3)28-26(34)25(23-15-10-16-36-23)31(17-19-11-6-9-14-22(19)35-4)24(33)18-32-21-13-8-7-12-20(21)29-30-32/h6-16,25H,5,17-18H2,1-4H3,(H,28,34)/t25-/m0/s1. The van der Waals surface area contributed by atoms with Gasteiger partial charge in [-0.1, -0.05) is 48.5 Å². The van der Waals surface area contributed by atoms with Crippen LogP contribution in [0.25, 0.3) is 11.0 Å². The van der Waals surface area contributed by atoms with Crippen LogP contribution in [0.15, 0.2) is 66.0 Å². The Bertz CT molecular complexity index is 1330. The Kier molecular flexibility index (Phi) is 7.69. The van der Waals surface area contributed by atoms with E-state index in [2.05, 4.69) is 15.6 Å². The van der Waals surface area contributed by atoms with Crippen LogP contribution in [0.2, 0.25) is 0 Å². The lowest BCUT2D eigenvalue weighted by molar-refractivity contribution is -0.142. The third kappa shape index (κ3) is 5.57. The molecule has 2 aromatic carbocycles. The van der Waals surface area contributed by atoms with E-state index in [-0.39, 0.29) is 24.9 Å². The number of carbonyl (C=O) groups excluding carboxylic acids is 2. The molecule has 1 N–H and O–H groups in total. The maximum atomic E-state index is 14.0. The van der Waals surface area contributed by atoms with Crippen molar-refractivity contribution in [2.45, 2.75) is 51.9 Å². The molecule has 8 nitrogen and oxygen atoms in total. The number of para-hydroxylation sites is 2. The Morgan fingerprint density at radius 1 is 1.11 bits per heavy atom. The van der Waals surface area contributed by atoms with Crippen LogP contribution < -0.4 is 10.1 Å². The number of nitrogens with zero attached hydrogens (tertiary/aromatic N) is 4. The third-order valence-electron chi connectivity index (χ3n) is 6.28. The molecule has 36 heavy (non-hydrogen) atoms. The van der Waals surface area contributed by atoms with E-state index in [4.69, 9.17) is 4.74 Å². The summed E-state index contributed by atoms with van der Waals surface area (Å²) in [5.74, 6) is 0.177. The van der Waals surface area contributed by atoms with E-state index >= 15 is 0 Å². The van der Waals surface area contributed by atoms with E-state index < -0.39 is 11.6 Å². The quantitative estimate of drug-likeness (QED) is 0.341. The first kappa shape index (κ1) is 25.4. The molecule has 2 heterocycles. The van der Waals surface area contributed by atoms with Gasteiger partial charge in [0, 0.05) is 16.0 Å². The predicted molar refractivity (Wildman–Crippen MR) is 141 cm³/mol. The predicted octanol–water partition coefficient (Wildman–Crippen LogP) is 4.58. The summed E-state index contributed by atoms with van der Waals surface area (Å²) in [5.41, 5.74) is 1.85. The number of rotatable bonds is 10. The van der Waals surface area contributed by atoms with Gasteiger partial charge in [-0.25, -0.2) is 4.68 Å². The largest absolute Gasteiger partial charge is 0.496 e. The van der Waals surface area contributed by atoms with E-state index in [9.17, 15) is 9.59 Å². The van der Waals surface area contributed by atoms with E-state index in [1.54, 1.807) is 16.7 Å². The highest BCUT2D eigenvalue weighted by atomic mass is 32.1. The molecule has 0 aliphatic carbocycles. The molecular formula is C27H31N5O3S. The first-order valence-electron chi connectivity index (χ1n) is 11.9. The number of nitrogens with one attached hydrogen (secondary N) is 1. The number of benzene rings is 2. The van der Waals surface area contributed by atoms with Crippen molar-refractivity contribution in [1.82, 2.24) is 25.2 Å². The Morgan fingerprint density at radius 2 is 1.86 bits per heavy atom. The molecule has 1 atom stereocenters. The Balaban J connectivity index is 1.75. The second-order valence-electron chi connectivity index (χ2n) is 9.21. The fourth-order valence-corrected chi connectivity index (χ4v) is 4.79. The average molecular weight is 506 g/mol. The molecule has 2 aromatic heterocycles. The minimum Gasteiger partial charge on any atom is -0.496 e. The summed E-state index contributed by atoms with van der Waals surface area (Å²) >= 11 is 1.45. The highest BCUT2D eigenvalue weighted by Gasteiger charge is 2.35. The van der Waals surface area contributed by atoms with Crippen molar-refractivity contribution in [1.29, 1.82) is 0 Å². The van der Waals surface area contributed by atoms with Crippen molar-refractivity contribution in [3.8, 4) is 5.75 Å². The van der Waals surface area contributed by atoms with Crippen molar-refractivity contribution in [2.75, 3.05) is 7.11 Å².